The molecule has 0 aliphatic carbocycles. The fourth-order valence-corrected chi connectivity index (χ4v) is 5.30. The molecule has 5 rings (SSSR count). The molecule has 3 unspecified atom stereocenters. The number of hydrogen-bond donors (Lipinski definition) is 2. The molecule has 9 heteroatoms. The maximum atomic E-state index is 13.2. The first-order valence-corrected chi connectivity index (χ1v) is 11.2. The van der Waals surface area contributed by atoms with Gasteiger partial charge in [-0.1, -0.05) is 23.9 Å². The Morgan fingerprint density at radius 3 is 2.76 bits per heavy atom. The van der Waals surface area contributed by atoms with Crippen LogP contribution in [0.1, 0.15) is 37.3 Å². The summed E-state index contributed by atoms with van der Waals surface area (Å²) in [5.74, 6) is 0.395. The van der Waals surface area contributed by atoms with Crippen LogP contribution >= 0.6 is 11.8 Å². The van der Waals surface area contributed by atoms with E-state index in [-0.39, 0.29) is 30.0 Å². The van der Waals surface area contributed by atoms with Gasteiger partial charge >= 0.3 is 0 Å². The number of amides is 1. The third-order valence-corrected chi connectivity index (χ3v) is 6.96. The lowest BCUT2D eigenvalue weighted by Crippen LogP contribution is -2.54. The SMILES string of the molecule is O=C(CSC1=NNC2C3CC(c4ccc(F)cc4)NN3C=CN12)N1CCCCC1. The van der Waals surface area contributed by atoms with Crippen molar-refractivity contribution in [2.75, 3.05) is 18.8 Å². The molecule has 0 radical (unpaired) electrons. The molecule has 0 bridgehead atoms. The van der Waals surface area contributed by atoms with Crippen LogP contribution in [0, 0.1) is 5.82 Å². The second-order valence-electron chi connectivity index (χ2n) is 7.85. The first-order chi connectivity index (χ1) is 14.2. The van der Waals surface area contributed by atoms with Crippen LogP contribution in [-0.2, 0) is 4.79 Å². The van der Waals surface area contributed by atoms with Gasteiger partial charge in [-0.3, -0.25) is 10.2 Å². The van der Waals surface area contributed by atoms with Crippen molar-refractivity contribution in [1.29, 1.82) is 0 Å². The van der Waals surface area contributed by atoms with Gasteiger partial charge in [-0.15, -0.1) is 0 Å². The smallest absolute Gasteiger partial charge is 0.233 e. The molecule has 0 aromatic heterocycles. The molecular formula is C20H25FN6OS. The number of hydrazine groups is 1. The Labute approximate surface area is 173 Å². The van der Waals surface area contributed by atoms with Gasteiger partial charge in [-0.2, -0.15) is 5.10 Å². The summed E-state index contributed by atoms with van der Waals surface area (Å²) in [5.41, 5.74) is 7.80. The molecule has 0 spiro atoms. The van der Waals surface area contributed by atoms with Gasteiger partial charge in [0.15, 0.2) is 5.17 Å². The van der Waals surface area contributed by atoms with E-state index in [0.29, 0.717) is 5.75 Å². The lowest BCUT2D eigenvalue weighted by atomic mass is 10.00. The van der Waals surface area contributed by atoms with Gasteiger partial charge in [0.2, 0.25) is 5.91 Å². The third kappa shape index (κ3) is 3.69. The summed E-state index contributed by atoms with van der Waals surface area (Å²) in [5, 5.41) is 7.43. The Hall–Kier alpha value is -2.26. The molecule has 4 heterocycles. The molecule has 3 atom stereocenters. The zero-order valence-electron chi connectivity index (χ0n) is 16.1. The van der Waals surface area contributed by atoms with E-state index in [9.17, 15) is 9.18 Å². The Kier molecular flexibility index (Phi) is 5.09. The number of amidine groups is 1. The Balaban J connectivity index is 1.20. The summed E-state index contributed by atoms with van der Waals surface area (Å²) in [6, 6.07) is 6.99. The molecule has 0 saturated carbocycles. The first-order valence-electron chi connectivity index (χ1n) is 10.2. The molecule has 2 fully saturated rings. The predicted molar refractivity (Wildman–Crippen MR) is 111 cm³/mol. The van der Waals surface area contributed by atoms with Gasteiger partial charge in [0.05, 0.1) is 17.8 Å². The largest absolute Gasteiger partial charge is 0.342 e. The number of thioether (sulfide) groups is 1. The number of benzene rings is 1. The maximum absolute atomic E-state index is 13.2. The van der Waals surface area contributed by atoms with Crippen molar-refractivity contribution >= 4 is 22.8 Å². The predicted octanol–water partition coefficient (Wildman–Crippen LogP) is 2.18. The van der Waals surface area contributed by atoms with Crippen LogP contribution in [0.5, 0.6) is 0 Å². The first kappa shape index (κ1) is 18.7. The lowest BCUT2D eigenvalue weighted by molar-refractivity contribution is -0.129. The van der Waals surface area contributed by atoms with Gasteiger partial charge in [-0.05, 0) is 43.4 Å². The molecule has 1 aromatic carbocycles. The summed E-state index contributed by atoms with van der Waals surface area (Å²) < 4.78 is 13.2. The van der Waals surface area contributed by atoms with Gasteiger partial charge in [0.25, 0.3) is 0 Å². The van der Waals surface area contributed by atoms with Crippen molar-refractivity contribution in [3.63, 3.8) is 0 Å². The van der Waals surface area contributed by atoms with E-state index < -0.39 is 0 Å². The maximum Gasteiger partial charge on any atom is 0.233 e. The van der Waals surface area contributed by atoms with Crippen LogP contribution in [-0.4, -0.2) is 56.9 Å². The normalized spacial score (nSPS) is 28.1. The second-order valence-corrected chi connectivity index (χ2v) is 8.79. The van der Waals surface area contributed by atoms with Crippen LogP contribution in [0.4, 0.5) is 4.39 Å². The number of halogens is 1. The quantitative estimate of drug-likeness (QED) is 0.788. The van der Waals surface area contributed by atoms with Crippen LogP contribution < -0.4 is 10.9 Å². The topological polar surface area (TPSA) is 63.2 Å². The average molecular weight is 417 g/mol. The minimum atomic E-state index is -0.220. The molecule has 1 aromatic rings. The second kappa shape index (κ2) is 7.87. The molecule has 7 nitrogen and oxygen atoms in total. The number of hydrogen-bond acceptors (Lipinski definition) is 7. The van der Waals surface area contributed by atoms with Gasteiger partial charge < -0.3 is 14.8 Å². The van der Waals surface area contributed by atoms with Gasteiger partial charge in [-0.25, -0.2) is 9.82 Å². The summed E-state index contributed by atoms with van der Waals surface area (Å²) in [6.07, 6.45) is 8.35. The molecule has 1 amide bonds. The van der Waals surface area contributed by atoms with E-state index in [0.717, 1.165) is 43.1 Å². The standard InChI is InChI=1S/C20H25FN6OS/c21-15-6-4-14(5-7-15)16-12-17-19-22-23-20(26(19)10-11-27(17)24-16)29-13-18(28)25-8-2-1-3-9-25/h4-7,10-11,16-17,19,22,24H,1-3,8-9,12-13H2. The molecule has 154 valence electrons. The number of likely N-dealkylation sites (tertiary alicyclic amines) is 1. The number of nitrogens with one attached hydrogen (secondary N) is 2. The highest BCUT2D eigenvalue weighted by atomic mass is 32.2. The van der Waals surface area contributed by atoms with Crippen LogP contribution in [0.15, 0.2) is 41.8 Å². The van der Waals surface area contributed by atoms with Gasteiger partial charge in [0.1, 0.15) is 12.0 Å². The molecule has 4 aliphatic rings. The Morgan fingerprint density at radius 1 is 1.17 bits per heavy atom. The third-order valence-electron chi connectivity index (χ3n) is 6.01. The summed E-state index contributed by atoms with van der Waals surface area (Å²) in [7, 11) is 0. The van der Waals surface area contributed by atoms with E-state index in [2.05, 4.69) is 25.9 Å². The fourth-order valence-electron chi connectivity index (χ4n) is 4.42. The molecule has 4 aliphatic heterocycles. The molecule has 2 saturated heterocycles. The van der Waals surface area contributed by atoms with Crippen molar-refractivity contribution in [1.82, 2.24) is 25.7 Å². The van der Waals surface area contributed by atoms with Crippen molar-refractivity contribution < 1.29 is 9.18 Å². The minimum Gasteiger partial charge on any atom is -0.342 e. The number of carbonyl (C=O) groups is 1. The highest BCUT2D eigenvalue weighted by Gasteiger charge is 2.44. The Morgan fingerprint density at radius 2 is 1.97 bits per heavy atom. The molecule has 29 heavy (non-hydrogen) atoms. The fraction of sp³-hybridized carbons (Fsp3) is 0.500. The number of piperidine rings is 1. The van der Waals surface area contributed by atoms with Crippen molar-refractivity contribution in [3.8, 4) is 0 Å². The zero-order chi connectivity index (χ0) is 19.8. The van der Waals surface area contributed by atoms with E-state index in [4.69, 9.17) is 0 Å². The Bertz CT molecular complexity index is 825. The van der Waals surface area contributed by atoms with Crippen molar-refractivity contribution in [2.45, 2.75) is 43.9 Å². The summed E-state index contributed by atoms with van der Waals surface area (Å²) in [6.45, 7) is 1.76. The van der Waals surface area contributed by atoms with E-state index in [1.54, 1.807) is 0 Å². The highest BCUT2D eigenvalue weighted by Crippen LogP contribution is 2.35. The van der Waals surface area contributed by atoms with Crippen molar-refractivity contribution in [3.05, 3.63) is 48.0 Å². The highest BCUT2D eigenvalue weighted by molar-refractivity contribution is 8.14. The van der Waals surface area contributed by atoms with E-state index in [1.165, 1.54) is 30.3 Å². The van der Waals surface area contributed by atoms with Crippen molar-refractivity contribution in [2.24, 2.45) is 5.10 Å². The van der Waals surface area contributed by atoms with Crippen LogP contribution in [0.2, 0.25) is 0 Å². The van der Waals surface area contributed by atoms with Gasteiger partial charge in [0, 0.05) is 25.5 Å². The number of hydrazone groups is 1. The number of carbonyl (C=O) groups excluding carboxylic acids is 1. The zero-order valence-corrected chi connectivity index (χ0v) is 16.9. The molecular weight excluding hydrogens is 391 g/mol. The van der Waals surface area contributed by atoms with E-state index in [1.807, 2.05) is 29.4 Å². The number of nitrogens with zero attached hydrogens (tertiary/aromatic N) is 4. The summed E-state index contributed by atoms with van der Waals surface area (Å²) >= 11 is 1.49. The van der Waals surface area contributed by atoms with E-state index >= 15 is 0 Å². The average Bonchev–Trinajstić information content (AvgIpc) is 3.37. The minimum absolute atomic E-state index is 0.0190. The number of fused-ring (bicyclic) bond motifs is 3. The number of rotatable bonds is 3. The van der Waals surface area contributed by atoms with Crippen LogP contribution in [0.25, 0.3) is 0 Å². The lowest BCUT2D eigenvalue weighted by Gasteiger charge is -2.36. The van der Waals surface area contributed by atoms with Crippen LogP contribution in [0.3, 0.4) is 0 Å². The summed E-state index contributed by atoms with van der Waals surface area (Å²) in [4.78, 5) is 16.6. The molecule has 2 N–H and O–H groups in total. The monoisotopic (exact) mass is 416 g/mol.